The van der Waals surface area contributed by atoms with Crippen LogP contribution in [0.5, 0.6) is 0 Å². The van der Waals surface area contributed by atoms with Crippen LogP contribution in [-0.2, 0) is 0 Å². The van der Waals surface area contributed by atoms with Gasteiger partial charge in [-0.3, -0.25) is 4.68 Å². The summed E-state index contributed by atoms with van der Waals surface area (Å²) in [5, 5.41) is 16.4. The van der Waals surface area contributed by atoms with Gasteiger partial charge in [-0.1, -0.05) is 0 Å². The lowest BCUT2D eigenvalue weighted by molar-refractivity contribution is 0.223. The van der Waals surface area contributed by atoms with Gasteiger partial charge in [0.15, 0.2) is 0 Å². The normalized spacial score (nSPS) is 13.3. The van der Waals surface area contributed by atoms with Gasteiger partial charge in [-0.25, -0.2) is 0 Å². The zero-order chi connectivity index (χ0) is 11.7. The summed E-state index contributed by atoms with van der Waals surface area (Å²) < 4.78 is 2.79. The predicted octanol–water partition coefficient (Wildman–Crippen LogP) is 3.37. The zero-order valence-corrected chi connectivity index (χ0v) is 11.5. The van der Waals surface area contributed by atoms with Crippen LogP contribution in [0.4, 0.5) is 0 Å². The Kier molecular flexibility index (Phi) is 3.47. The smallest absolute Gasteiger partial charge is 0.117 e. The van der Waals surface area contributed by atoms with Gasteiger partial charge in [-0.15, -0.1) is 11.3 Å². The average Bonchev–Trinajstić information content (AvgIpc) is 2.84. The van der Waals surface area contributed by atoms with Crippen molar-refractivity contribution >= 4 is 27.3 Å². The second-order valence-electron chi connectivity index (χ2n) is 3.88. The Morgan fingerprint density at radius 2 is 2.25 bits per heavy atom. The number of halogens is 1. The van der Waals surface area contributed by atoms with Crippen LogP contribution in [0.3, 0.4) is 0 Å². The van der Waals surface area contributed by atoms with E-state index in [0.717, 1.165) is 14.9 Å². The molecular weight excluding hydrogens is 288 g/mol. The van der Waals surface area contributed by atoms with Crippen molar-refractivity contribution < 1.29 is 5.11 Å². The van der Waals surface area contributed by atoms with Gasteiger partial charge in [0.2, 0.25) is 0 Å². The van der Waals surface area contributed by atoms with E-state index in [-0.39, 0.29) is 0 Å². The van der Waals surface area contributed by atoms with Crippen molar-refractivity contribution in [2.45, 2.75) is 26.0 Å². The van der Waals surface area contributed by atoms with E-state index in [1.165, 1.54) is 11.3 Å². The molecule has 0 bridgehead atoms. The van der Waals surface area contributed by atoms with E-state index in [4.69, 9.17) is 0 Å². The van der Waals surface area contributed by atoms with Gasteiger partial charge < -0.3 is 5.11 Å². The maximum Gasteiger partial charge on any atom is 0.117 e. The second kappa shape index (κ2) is 4.69. The molecule has 16 heavy (non-hydrogen) atoms. The van der Waals surface area contributed by atoms with Crippen LogP contribution in [0.1, 0.15) is 36.4 Å². The molecule has 0 aromatic carbocycles. The molecule has 0 amide bonds. The number of rotatable bonds is 3. The van der Waals surface area contributed by atoms with Crippen molar-refractivity contribution in [2.24, 2.45) is 0 Å². The molecular formula is C11H13BrN2OS. The van der Waals surface area contributed by atoms with Gasteiger partial charge >= 0.3 is 0 Å². The van der Waals surface area contributed by atoms with Crippen molar-refractivity contribution in [3.05, 3.63) is 38.8 Å². The van der Waals surface area contributed by atoms with Crippen LogP contribution >= 0.6 is 27.3 Å². The Morgan fingerprint density at radius 3 is 2.75 bits per heavy atom. The lowest BCUT2D eigenvalue weighted by Gasteiger charge is -2.07. The van der Waals surface area contributed by atoms with E-state index < -0.39 is 6.10 Å². The highest BCUT2D eigenvalue weighted by Crippen LogP contribution is 2.32. The first-order valence-corrected chi connectivity index (χ1v) is 6.72. The summed E-state index contributed by atoms with van der Waals surface area (Å²) in [6.45, 7) is 4.12. The lowest BCUT2D eigenvalue weighted by Crippen LogP contribution is -2.01. The van der Waals surface area contributed by atoms with Crippen LogP contribution in [-0.4, -0.2) is 14.9 Å². The molecule has 5 heteroatoms. The van der Waals surface area contributed by atoms with E-state index in [1.54, 1.807) is 6.20 Å². The lowest BCUT2D eigenvalue weighted by atomic mass is 10.2. The van der Waals surface area contributed by atoms with Gasteiger partial charge in [-0.05, 0) is 41.2 Å². The molecule has 2 heterocycles. The second-order valence-corrected chi connectivity index (χ2v) is 5.68. The third-order valence-electron chi connectivity index (χ3n) is 2.36. The van der Waals surface area contributed by atoms with Gasteiger partial charge in [0.25, 0.3) is 0 Å². The van der Waals surface area contributed by atoms with Crippen molar-refractivity contribution in [1.82, 2.24) is 9.78 Å². The number of nitrogens with zero attached hydrogens (tertiary/aromatic N) is 2. The summed E-state index contributed by atoms with van der Waals surface area (Å²) in [6, 6.07) is 2.25. The minimum absolute atomic E-state index is 0.313. The van der Waals surface area contributed by atoms with Crippen molar-refractivity contribution in [1.29, 1.82) is 0 Å². The van der Waals surface area contributed by atoms with Crippen molar-refractivity contribution in [3.8, 4) is 0 Å². The summed E-state index contributed by atoms with van der Waals surface area (Å²) in [6.07, 6.45) is 3.01. The first-order chi connectivity index (χ1) is 7.59. The summed E-state index contributed by atoms with van der Waals surface area (Å²) in [7, 11) is 0. The quantitative estimate of drug-likeness (QED) is 0.944. The summed E-state index contributed by atoms with van der Waals surface area (Å²) in [5.41, 5.74) is 0.830. The minimum atomic E-state index is -0.595. The molecule has 0 spiro atoms. The number of aromatic nitrogens is 2. The van der Waals surface area contributed by atoms with Crippen LogP contribution in [0.25, 0.3) is 0 Å². The molecule has 1 N–H and O–H groups in total. The van der Waals surface area contributed by atoms with E-state index in [2.05, 4.69) is 34.9 Å². The SMILES string of the molecule is CC(C)n1cc(C(O)c2sccc2Br)cn1. The maximum absolute atomic E-state index is 10.2. The number of aliphatic hydroxyl groups excluding tert-OH is 1. The Bertz CT molecular complexity index is 478. The minimum Gasteiger partial charge on any atom is -0.383 e. The zero-order valence-electron chi connectivity index (χ0n) is 9.09. The number of hydrogen-bond donors (Lipinski definition) is 1. The first-order valence-electron chi connectivity index (χ1n) is 5.04. The van der Waals surface area contributed by atoms with Crippen LogP contribution in [0.15, 0.2) is 28.3 Å². The maximum atomic E-state index is 10.2. The molecule has 0 saturated carbocycles. The van der Waals surface area contributed by atoms with E-state index in [1.807, 2.05) is 22.3 Å². The molecule has 0 radical (unpaired) electrons. The summed E-state index contributed by atoms with van der Waals surface area (Å²) >= 11 is 4.96. The Hall–Kier alpha value is -0.650. The van der Waals surface area contributed by atoms with Crippen LogP contribution < -0.4 is 0 Å². The van der Waals surface area contributed by atoms with Gasteiger partial charge in [0.05, 0.1) is 11.1 Å². The monoisotopic (exact) mass is 300 g/mol. The Morgan fingerprint density at radius 1 is 1.50 bits per heavy atom. The third kappa shape index (κ3) is 2.21. The third-order valence-corrected chi connectivity index (χ3v) is 4.28. The Balaban J connectivity index is 2.27. The fourth-order valence-electron chi connectivity index (χ4n) is 1.43. The van der Waals surface area contributed by atoms with Crippen LogP contribution in [0, 0.1) is 0 Å². The van der Waals surface area contributed by atoms with Gasteiger partial charge in [0.1, 0.15) is 6.10 Å². The molecule has 1 unspecified atom stereocenters. The molecule has 86 valence electrons. The largest absolute Gasteiger partial charge is 0.383 e. The highest BCUT2D eigenvalue weighted by atomic mass is 79.9. The topological polar surface area (TPSA) is 38.0 Å². The van der Waals surface area contributed by atoms with E-state index in [0.29, 0.717) is 6.04 Å². The number of aliphatic hydroxyl groups is 1. The standard InChI is InChI=1S/C11H13BrN2OS/c1-7(2)14-6-8(5-13-14)10(15)11-9(12)3-4-16-11/h3-7,10,15H,1-2H3. The number of hydrogen-bond acceptors (Lipinski definition) is 3. The fraction of sp³-hybridized carbons (Fsp3) is 0.364. The predicted molar refractivity (Wildman–Crippen MR) is 68.7 cm³/mol. The molecule has 0 aliphatic rings. The summed E-state index contributed by atoms with van der Waals surface area (Å²) in [4.78, 5) is 0.920. The molecule has 0 aliphatic heterocycles. The van der Waals surface area contributed by atoms with Crippen LogP contribution in [0.2, 0.25) is 0 Å². The molecule has 2 aromatic rings. The molecule has 2 rings (SSSR count). The average molecular weight is 301 g/mol. The van der Waals surface area contributed by atoms with Crippen molar-refractivity contribution in [3.63, 3.8) is 0 Å². The molecule has 0 saturated heterocycles. The highest BCUT2D eigenvalue weighted by molar-refractivity contribution is 9.10. The molecule has 0 aliphatic carbocycles. The fourth-order valence-corrected chi connectivity index (χ4v) is 3.03. The molecule has 3 nitrogen and oxygen atoms in total. The molecule has 2 aromatic heterocycles. The first kappa shape index (κ1) is 11.8. The van der Waals surface area contributed by atoms with E-state index >= 15 is 0 Å². The van der Waals surface area contributed by atoms with Gasteiger partial charge in [-0.2, -0.15) is 5.10 Å². The summed E-state index contributed by atoms with van der Waals surface area (Å²) in [5.74, 6) is 0. The highest BCUT2D eigenvalue weighted by Gasteiger charge is 2.17. The van der Waals surface area contributed by atoms with E-state index in [9.17, 15) is 5.11 Å². The molecule has 1 atom stereocenters. The van der Waals surface area contributed by atoms with Crippen molar-refractivity contribution in [2.75, 3.05) is 0 Å². The number of thiophene rings is 1. The van der Waals surface area contributed by atoms with Gasteiger partial charge in [0, 0.05) is 22.3 Å². The molecule has 0 fully saturated rings. The Labute approximate surface area is 107 Å².